The predicted octanol–water partition coefficient (Wildman–Crippen LogP) is 2.76. The summed E-state index contributed by atoms with van der Waals surface area (Å²) in [5.74, 6) is 2.38. The second-order valence-electron chi connectivity index (χ2n) is 5.25. The maximum Gasteiger partial charge on any atom is 0.191 e. The molecule has 1 aromatic rings. The summed E-state index contributed by atoms with van der Waals surface area (Å²) in [6, 6.07) is 10.3. The van der Waals surface area contributed by atoms with Gasteiger partial charge in [0.1, 0.15) is 0 Å². The van der Waals surface area contributed by atoms with Crippen molar-refractivity contribution in [3.63, 3.8) is 0 Å². The molecular formula is C17H29N3OS. The van der Waals surface area contributed by atoms with Gasteiger partial charge in [-0.05, 0) is 24.7 Å². The Hall–Kier alpha value is -1.20. The molecule has 0 radical (unpaired) electrons. The number of nitrogens with one attached hydrogen (secondary N) is 2. The third-order valence-electron chi connectivity index (χ3n) is 3.02. The van der Waals surface area contributed by atoms with Crippen LogP contribution in [0.2, 0.25) is 0 Å². The third kappa shape index (κ3) is 8.95. The molecule has 5 heteroatoms. The number of hydrogen-bond acceptors (Lipinski definition) is 3. The Balaban J connectivity index is 2.25. The zero-order valence-electron chi connectivity index (χ0n) is 14.0. The summed E-state index contributed by atoms with van der Waals surface area (Å²) < 4.78 is 5.76. The molecular weight excluding hydrogens is 294 g/mol. The molecule has 0 spiro atoms. The van der Waals surface area contributed by atoms with Crippen molar-refractivity contribution in [3.05, 3.63) is 35.9 Å². The highest BCUT2D eigenvalue weighted by Crippen LogP contribution is 2.03. The van der Waals surface area contributed by atoms with Crippen LogP contribution in [-0.4, -0.2) is 44.2 Å². The van der Waals surface area contributed by atoms with Gasteiger partial charge in [-0.15, -0.1) is 0 Å². The van der Waals surface area contributed by atoms with Crippen LogP contribution in [0.3, 0.4) is 0 Å². The standard InChI is InChI=1S/C17H29N3OS/c1-4-18-17(19-10-11-22-3)20-12-15(2)13-21-14-16-8-6-5-7-9-16/h5-9,15H,4,10-14H2,1-3H3,(H2,18,19,20). The Morgan fingerprint density at radius 1 is 1.27 bits per heavy atom. The Kier molecular flexibility index (Phi) is 10.6. The molecule has 0 amide bonds. The SMILES string of the molecule is CCNC(=NCC(C)COCc1ccccc1)NCCSC. The topological polar surface area (TPSA) is 45.7 Å². The third-order valence-corrected chi connectivity index (χ3v) is 3.63. The maximum absolute atomic E-state index is 5.76. The van der Waals surface area contributed by atoms with Gasteiger partial charge >= 0.3 is 0 Å². The minimum absolute atomic E-state index is 0.403. The lowest BCUT2D eigenvalue weighted by molar-refractivity contribution is 0.0945. The van der Waals surface area contributed by atoms with E-state index in [1.165, 1.54) is 5.56 Å². The van der Waals surface area contributed by atoms with Crippen molar-refractivity contribution in [3.8, 4) is 0 Å². The van der Waals surface area contributed by atoms with Crippen LogP contribution in [0, 0.1) is 5.92 Å². The number of aliphatic imine (C=N–C) groups is 1. The van der Waals surface area contributed by atoms with Crippen molar-refractivity contribution in [1.82, 2.24) is 10.6 Å². The molecule has 0 aromatic heterocycles. The van der Waals surface area contributed by atoms with Gasteiger partial charge in [-0.3, -0.25) is 4.99 Å². The van der Waals surface area contributed by atoms with Crippen LogP contribution >= 0.6 is 11.8 Å². The van der Waals surface area contributed by atoms with Crippen LogP contribution in [0.5, 0.6) is 0 Å². The smallest absolute Gasteiger partial charge is 0.191 e. The molecule has 4 nitrogen and oxygen atoms in total. The lowest BCUT2D eigenvalue weighted by Crippen LogP contribution is -2.38. The van der Waals surface area contributed by atoms with Gasteiger partial charge in [0, 0.05) is 25.4 Å². The van der Waals surface area contributed by atoms with Crippen molar-refractivity contribution in [2.24, 2.45) is 10.9 Å². The van der Waals surface area contributed by atoms with Crippen molar-refractivity contribution in [1.29, 1.82) is 0 Å². The first-order valence-electron chi connectivity index (χ1n) is 7.89. The maximum atomic E-state index is 5.76. The van der Waals surface area contributed by atoms with Crippen molar-refractivity contribution >= 4 is 17.7 Å². The Bertz CT molecular complexity index is 412. The van der Waals surface area contributed by atoms with Crippen molar-refractivity contribution < 1.29 is 4.74 Å². The Morgan fingerprint density at radius 3 is 2.73 bits per heavy atom. The molecule has 1 atom stereocenters. The van der Waals surface area contributed by atoms with Gasteiger partial charge in [-0.1, -0.05) is 37.3 Å². The van der Waals surface area contributed by atoms with Crippen LogP contribution in [0.15, 0.2) is 35.3 Å². The molecule has 1 rings (SSSR count). The second-order valence-corrected chi connectivity index (χ2v) is 6.23. The zero-order valence-corrected chi connectivity index (χ0v) is 14.8. The minimum Gasteiger partial charge on any atom is -0.376 e. The average molecular weight is 324 g/mol. The van der Waals surface area contributed by atoms with Gasteiger partial charge in [0.05, 0.1) is 13.2 Å². The van der Waals surface area contributed by atoms with Gasteiger partial charge in [0.15, 0.2) is 5.96 Å². The number of rotatable bonds is 10. The lowest BCUT2D eigenvalue weighted by atomic mass is 10.2. The number of nitrogens with zero attached hydrogens (tertiary/aromatic N) is 1. The van der Waals surface area contributed by atoms with Gasteiger partial charge in [-0.25, -0.2) is 0 Å². The van der Waals surface area contributed by atoms with Gasteiger partial charge in [0.25, 0.3) is 0 Å². The molecule has 0 saturated heterocycles. The molecule has 1 aromatic carbocycles. The second kappa shape index (κ2) is 12.4. The number of guanidine groups is 1. The Morgan fingerprint density at radius 2 is 2.05 bits per heavy atom. The minimum atomic E-state index is 0.403. The van der Waals surface area contributed by atoms with Crippen molar-refractivity contribution in [2.45, 2.75) is 20.5 Å². The van der Waals surface area contributed by atoms with Crippen LogP contribution in [0.1, 0.15) is 19.4 Å². The van der Waals surface area contributed by atoms with E-state index in [1.807, 2.05) is 30.0 Å². The summed E-state index contributed by atoms with van der Waals surface area (Å²) >= 11 is 1.83. The predicted molar refractivity (Wildman–Crippen MR) is 97.6 cm³/mol. The van der Waals surface area contributed by atoms with Crippen LogP contribution in [0.4, 0.5) is 0 Å². The number of ether oxygens (including phenoxy) is 1. The molecule has 22 heavy (non-hydrogen) atoms. The van der Waals surface area contributed by atoms with Crippen LogP contribution < -0.4 is 10.6 Å². The fourth-order valence-electron chi connectivity index (χ4n) is 1.87. The van der Waals surface area contributed by atoms with Crippen LogP contribution in [-0.2, 0) is 11.3 Å². The first kappa shape index (κ1) is 18.8. The Labute approximate surface area is 139 Å². The molecule has 0 heterocycles. The monoisotopic (exact) mass is 323 g/mol. The van der Waals surface area contributed by atoms with E-state index in [-0.39, 0.29) is 0 Å². The van der Waals surface area contributed by atoms with E-state index < -0.39 is 0 Å². The summed E-state index contributed by atoms with van der Waals surface area (Å²) in [7, 11) is 0. The van der Waals surface area contributed by atoms with E-state index in [2.05, 4.69) is 47.9 Å². The lowest BCUT2D eigenvalue weighted by Gasteiger charge is -2.13. The highest BCUT2D eigenvalue weighted by molar-refractivity contribution is 7.98. The molecule has 1 unspecified atom stereocenters. The highest BCUT2D eigenvalue weighted by Gasteiger charge is 2.03. The summed E-state index contributed by atoms with van der Waals surface area (Å²) in [6.45, 7) is 8.22. The molecule has 124 valence electrons. The average Bonchev–Trinajstić information content (AvgIpc) is 2.54. The fraction of sp³-hybridized carbons (Fsp3) is 0.588. The highest BCUT2D eigenvalue weighted by atomic mass is 32.2. The molecule has 0 aliphatic rings. The van der Waals surface area contributed by atoms with E-state index in [0.717, 1.165) is 38.0 Å². The first-order valence-corrected chi connectivity index (χ1v) is 9.28. The van der Waals surface area contributed by atoms with Gasteiger partial charge in [-0.2, -0.15) is 11.8 Å². The first-order chi connectivity index (χ1) is 10.8. The summed E-state index contributed by atoms with van der Waals surface area (Å²) in [4.78, 5) is 4.62. The number of benzene rings is 1. The summed E-state index contributed by atoms with van der Waals surface area (Å²) in [5.41, 5.74) is 1.21. The quantitative estimate of drug-likeness (QED) is 0.395. The molecule has 0 bridgehead atoms. The summed E-state index contributed by atoms with van der Waals surface area (Å²) in [6.07, 6.45) is 2.11. The molecule has 2 N–H and O–H groups in total. The largest absolute Gasteiger partial charge is 0.376 e. The number of hydrogen-bond donors (Lipinski definition) is 2. The summed E-state index contributed by atoms with van der Waals surface area (Å²) in [5, 5.41) is 6.60. The fourth-order valence-corrected chi connectivity index (χ4v) is 2.17. The molecule has 0 fully saturated rings. The van der Waals surface area contributed by atoms with E-state index in [9.17, 15) is 0 Å². The normalized spacial score (nSPS) is 13.0. The molecule has 0 aliphatic heterocycles. The zero-order chi connectivity index (χ0) is 16.0. The number of thioether (sulfide) groups is 1. The molecule has 0 saturated carbocycles. The van der Waals surface area contributed by atoms with E-state index >= 15 is 0 Å². The van der Waals surface area contributed by atoms with Crippen molar-refractivity contribution in [2.75, 3.05) is 38.2 Å². The van der Waals surface area contributed by atoms with Gasteiger partial charge < -0.3 is 15.4 Å². The van der Waals surface area contributed by atoms with Gasteiger partial charge in [0.2, 0.25) is 0 Å². The molecule has 0 aliphatic carbocycles. The van der Waals surface area contributed by atoms with E-state index in [0.29, 0.717) is 12.5 Å². The van der Waals surface area contributed by atoms with E-state index in [1.54, 1.807) is 0 Å². The van der Waals surface area contributed by atoms with E-state index in [4.69, 9.17) is 4.74 Å². The van der Waals surface area contributed by atoms with Crippen LogP contribution in [0.25, 0.3) is 0 Å².